The van der Waals surface area contributed by atoms with Gasteiger partial charge in [0.25, 0.3) is 5.56 Å². The van der Waals surface area contributed by atoms with Crippen molar-refractivity contribution in [3.8, 4) is 5.75 Å². The van der Waals surface area contributed by atoms with Gasteiger partial charge in [0, 0.05) is 51.7 Å². The third kappa shape index (κ3) is 5.79. The first kappa shape index (κ1) is 20.3. The van der Waals surface area contributed by atoms with Gasteiger partial charge in [-0.05, 0) is 31.8 Å². The predicted molar refractivity (Wildman–Crippen MR) is 109 cm³/mol. The van der Waals surface area contributed by atoms with E-state index in [0.29, 0.717) is 12.4 Å². The molecule has 1 saturated heterocycles. The number of aliphatic hydroxyl groups excluding tert-OH is 1. The van der Waals surface area contributed by atoms with Gasteiger partial charge in [-0.25, -0.2) is 4.98 Å². The molecule has 0 amide bonds. The Bertz CT molecular complexity index is 785. The molecule has 0 bridgehead atoms. The fourth-order valence-corrected chi connectivity index (χ4v) is 3.30. The molecule has 1 aliphatic heterocycles. The SMILES string of the molecule is CN(C)CC(O)COc1ccc(CN2CCN(c3ncc[nH]c3=O)CC2)cc1. The lowest BCUT2D eigenvalue weighted by Gasteiger charge is -2.34. The van der Waals surface area contributed by atoms with Crippen molar-refractivity contribution in [1.29, 1.82) is 0 Å². The van der Waals surface area contributed by atoms with Crippen LogP contribution in [0.5, 0.6) is 5.75 Å². The van der Waals surface area contributed by atoms with E-state index in [4.69, 9.17) is 4.74 Å². The standard InChI is InChI=1S/C20H29N5O3/c1-23(2)14-17(26)15-28-18-5-3-16(4-6-18)13-24-9-11-25(12-10-24)19-20(27)22-8-7-21-19/h3-8,17,26H,9-15H2,1-2H3,(H,22,27). The van der Waals surface area contributed by atoms with Crippen molar-refractivity contribution in [3.05, 3.63) is 52.6 Å². The van der Waals surface area contributed by atoms with Crippen molar-refractivity contribution in [3.63, 3.8) is 0 Å². The van der Waals surface area contributed by atoms with Crippen molar-refractivity contribution in [2.75, 3.05) is 58.3 Å². The number of ether oxygens (including phenoxy) is 1. The Kier molecular flexibility index (Phi) is 7.02. The van der Waals surface area contributed by atoms with Gasteiger partial charge in [-0.15, -0.1) is 0 Å². The Morgan fingerprint density at radius 2 is 1.93 bits per heavy atom. The Balaban J connectivity index is 1.45. The first-order valence-electron chi connectivity index (χ1n) is 9.57. The predicted octanol–water partition coefficient (Wildman–Crippen LogP) is 0.393. The second kappa shape index (κ2) is 9.68. The van der Waals surface area contributed by atoms with Gasteiger partial charge in [0.05, 0.1) is 0 Å². The average molecular weight is 387 g/mol. The van der Waals surface area contributed by atoms with Gasteiger partial charge < -0.3 is 24.6 Å². The van der Waals surface area contributed by atoms with Crippen LogP contribution in [0.2, 0.25) is 0 Å². The zero-order valence-electron chi connectivity index (χ0n) is 16.5. The summed E-state index contributed by atoms with van der Waals surface area (Å²) in [6, 6.07) is 8.01. The summed E-state index contributed by atoms with van der Waals surface area (Å²) in [7, 11) is 3.85. The molecule has 0 saturated carbocycles. The average Bonchev–Trinajstić information content (AvgIpc) is 2.68. The van der Waals surface area contributed by atoms with Crippen LogP contribution in [-0.4, -0.2) is 84.4 Å². The van der Waals surface area contributed by atoms with E-state index in [-0.39, 0.29) is 12.2 Å². The molecule has 0 aliphatic carbocycles. The monoisotopic (exact) mass is 387 g/mol. The minimum atomic E-state index is -0.502. The highest BCUT2D eigenvalue weighted by molar-refractivity contribution is 5.36. The van der Waals surface area contributed by atoms with E-state index in [9.17, 15) is 9.90 Å². The molecule has 0 spiro atoms. The number of nitrogens with one attached hydrogen (secondary N) is 1. The van der Waals surface area contributed by atoms with Crippen molar-refractivity contribution in [1.82, 2.24) is 19.8 Å². The van der Waals surface area contributed by atoms with Crippen LogP contribution in [0, 0.1) is 0 Å². The Morgan fingerprint density at radius 3 is 2.57 bits per heavy atom. The largest absolute Gasteiger partial charge is 0.491 e. The second-order valence-corrected chi connectivity index (χ2v) is 7.38. The van der Waals surface area contributed by atoms with Crippen LogP contribution in [0.15, 0.2) is 41.5 Å². The van der Waals surface area contributed by atoms with Crippen LogP contribution in [0.25, 0.3) is 0 Å². The Hall–Kier alpha value is -2.42. The third-order valence-corrected chi connectivity index (χ3v) is 4.71. The smallest absolute Gasteiger partial charge is 0.290 e. The van der Waals surface area contributed by atoms with Crippen molar-refractivity contribution in [2.45, 2.75) is 12.6 Å². The van der Waals surface area contributed by atoms with Crippen LogP contribution in [0.1, 0.15) is 5.56 Å². The number of anilines is 1. The van der Waals surface area contributed by atoms with Crippen LogP contribution >= 0.6 is 0 Å². The highest BCUT2D eigenvalue weighted by Crippen LogP contribution is 2.16. The number of piperazine rings is 1. The molecular weight excluding hydrogens is 358 g/mol. The van der Waals surface area contributed by atoms with Gasteiger partial charge in [-0.2, -0.15) is 0 Å². The Labute approximate surface area is 165 Å². The number of hydrogen-bond donors (Lipinski definition) is 2. The summed E-state index contributed by atoms with van der Waals surface area (Å²) in [6.45, 7) is 5.04. The summed E-state index contributed by atoms with van der Waals surface area (Å²) >= 11 is 0. The highest BCUT2D eigenvalue weighted by atomic mass is 16.5. The van der Waals surface area contributed by atoms with E-state index in [0.717, 1.165) is 38.5 Å². The van der Waals surface area contributed by atoms with E-state index < -0.39 is 6.10 Å². The zero-order chi connectivity index (χ0) is 19.9. The normalized spacial score (nSPS) is 16.4. The molecule has 1 aromatic heterocycles. The number of benzene rings is 1. The lowest BCUT2D eigenvalue weighted by Crippen LogP contribution is -2.47. The van der Waals surface area contributed by atoms with Crippen LogP contribution in [0.4, 0.5) is 5.82 Å². The highest BCUT2D eigenvalue weighted by Gasteiger charge is 2.20. The maximum atomic E-state index is 11.9. The topological polar surface area (TPSA) is 84.9 Å². The van der Waals surface area contributed by atoms with Gasteiger partial charge in [0.1, 0.15) is 18.5 Å². The molecule has 2 aromatic rings. The van der Waals surface area contributed by atoms with Gasteiger partial charge in [0.15, 0.2) is 5.82 Å². The molecule has 28 heavy (non-hydrogen) atoms. The van der Waals surface area contributed by atoms with Crippen LogP contribution in [-0.2, 0) is 6.54 Å². The molecule has 1 fully saturated rings. The van der Waals surface area contributed by atoms with Gasteiger partial charge >= 0.3 is 0 Å². The molecule has 1 aliphatic rings. The fourth-order valence-electron chi connectivity index (χ4n) is 3.30. The van der Waals surface area contributed by atoms with E-state index >= 15 is 0 Å². The molecule has 0 radical (unpaired) electrons. The quantitative estimate of drug-likeness (QED) is 0.678. The van der Waals surface area contributed by atoms with Crippen molar-refractivity contribution >= 4 is 5.82 Å². The number of nitrogens with zero attached hydrogens (tertiary/aromatic N) is 4. The summed E-state index contributed by atoms with van der Waals surface area (Å²) in [4.78, 5) is 25.1. The molecule has 8 heteroatoms. The van der Waals surface area contributed by atoms with E-state index in [2.05, 4.69) is 27.0 Å². The molecule has 3 rings (SSSR count). The molecule has 1 aromatic carbocycles. The van der Waals surface area contributed by atoms with Crippen LogP contribution in [0.3, 0.4) is 0 Å². The maximum Gasteiger partial charge on any atom is 0.290 e. The molecule has 2 heterocycles. The fraction of sp³-hybridized carbons (Fsp3) is 0.500. The van der Waals surface area contributed by atoms with Gasteiger partial charge in [-0.3, -0.25) is 9.69 Å². The number of rotatable bonds is 8. The third-order valence-electron chi connectivity index (χ3n) is 4.71. The molecule has 8 nitrogen and oxygen atoms in total. The summed E-state index contributed by atoms with van der Waals surface area (Å²) in [6.07, 6.45) is 2.67. The molecule has 2 N–H and O–H groups in total. The van der Waals surface area contributed by atoms with Gasteiger partial charge in [-0.1, -0.05) is 12.1 Å². The number of H-pyrrole nitrogens is 1. The summed E-state index contributed by atoms with van der Waals surface area (Å²) in [5.41, 5.74) is 1.08. The number of aliphatic hydroxyl groups is 1. The second-order valence-electron chi connectivity index (χ2n) is 7.38. The number of aromatic nitrogens is 2. The number of aromatic amines is 1. The number of likely N-dealkylation sites (N-methyl/N-ethyl adjacent to an activating group) is 1. The van der Waals surface area contributed by atoms with E-state index in [1.807, 2.05) is 36.0 Å². The zero-order valence-corrected chi connectivity index (χ0v) is 16.5. The Morgan fingerprint density at radius 1 is 1.21 bits per heavy atom. The lowest BCUT2D eigenvalue weighted by molar-refractivity contribution is 0.0831. The minimum absolute atomic E-state index is 0.137. The summed E-state index contributed by atoms with van der Waals surface area (Å²) in [5, 5.41) is 9.87. The lowest BCUT2D eigenvalue weighted by atomic mass is 10.2. The minimum Gasteiger partial charge on any atom is -0.491 e. The van der Waals surface area contributed by atoms with E-state index in [1.54, 1.807) is 12.4 Å². The first-order valence-corrected chi connectivity index (χ1v) is 9.57. The molecule has 152 valence electrons. The van der Waals surface area contributed by atoms with Gasteiger partial charge in [0.2, 0.25) is 0 Å². The van der Waals surface area contributed by atoms with Crippen molar-refractivity contribution < 1.29 is 9.84 Å². The number of hydrogen-bond acceptors (Lipinski definition) is 7. The first-order chi connectivity index (χ1) is 13.5. The summed E-state index contributed by atoms with van der Waals surface area (Å²) in [5.74, 6) is 1.26. The van der Waals surface area contributed by atoms with Crippen LogP contribution < -0.4 is 15.2 Å². The summed E-state index contributed by atoms with van der Waals surface area (Å²) < 4.78 is 5.65. The molecular formula is C20H29N5O3. The molecule has 1 unspecified atom stereocenters. The van der Waals surface area contributed by atoms with E-state index in [1.165, 1.54) is 5.56 Å². The van der Waals surface area contributed by atoms with Crippen molar-refractivity contribution in [2.24, 2.45) is 0 Å². The maximum absolute atomic E-state index is 11.9. The molecule has 1 atom stereocenters.